The number of carbonyl (C=O) groups excluding carboxylic acids is 1. The van der Waals surface area contributed by atoms with E-state index in [0.29, 0.717) is 6.54 Å². The maximum Gasteiger partial charge on any atom is 0.236 e. The second-order valence-corrected chi connectivity index (χ2v) is 5.53. The molecule has 1 aliphatic rings. The van der Waals surface area contributed by atoms with Gasteiger partial charge in [0, 0.05) is 13.1 Å². The van der Waals surface area contributed by atoms with Gasteiger partial charge in [-0.1, -0.05) is 30.3 Å². The first-order valence-corrected chi connectivity index (χ1v) is 7.19. The molecule has 19 heavy (non-hydrogen) atoms. The zero-order valence-corrected chi connectivity index (χ0v) is 12.0. The molecule has 1 aromatic rings. The van der Waals surface area contributed by atoms with E-state index in [1.54, 1.807) is 0 Å². The van der Waals surface area contributed by atoms with Crippen LogP contribution in [-0.4, -0.2) is 48.4 Å². The Kier molecular flexibility index (Phi) is 4.97. The molecule has 104 valence electrons. The van der Waals surface area contributed by atoms with Gasteiger partial charge >= 0.3 is 0 Å². The molecule has 2 rings (SSSR count). The molecule has 1 aromatic carbocycles. The average molecular weight is 260 g/mol. The molecule has 0 N–H and O–H groups in total. The maximum absolute atomic E-state index is 12.2. The van der Waals surface area contributed by atoms with Crippen LogP contribution in [-0.2, 0) is 11.2 Å². The summed E-state index contributed by atoms with van der Waals surface area (Å²) in [4.78, 5) is 16.4. The first-order valence-electron chi connectivity index (χ1n) is 7.19. The highest BCUT2D eigenvalue weighted by Crippen LogP contribution is 2.10. The third kappa shape index (κ3) is 4.06. The lowest BCUT2D eigenvalue weighted by Gasteiger charge is -2.27. The molecule has 1 heterocycles. The lowest BCUT2D eigenvalue weighted by Crippen LogP contribution is -2.42. The van der Waals surface area contributed by atoms with Crippen LogP contribution >= 0.6 is 0 Å². The summed E-state index contributed by atoms with van der Waals surface area (Å²) in [5.41, 5.74) is 1.29. The predicted molar refractivity (Wildman–Crippen MR) is 78.1 cm³/mol. The fraction of sp³-hybridized carbons (Fsp3) is 0.562. The molecule has 1 atom stereocenters. The molecule has 0 spiro atoms. The highest BCUT2D eigenvalue weighted by molar-refractivity contribution is 5.78. The van der Waals surface area contributed by atoms with E-state index in [2.05, 4.69) is 24.0 Å². The summed E-state index contributed by atoms with van der Waals surface area (Å²) < 4.78 is 0. The molecular weight excluding hydrogens is 236 g/mol. The minimum absolute atomic E-state index is 0.241. The number of likely N-dealkylation sites (N-methyl/N-ethyl adjacent to an activating group) is 1. The smallest absolute Gasteiger partial charge is 0.236 e. The fourth-order valence-electron chi connectivity index (χ4n) is 2.58. The second kappa shape index (κ2) is 6.71. The topological polar surface area (TPSA) is 23.6 Å². The van der Waals surface area contributed by atoms with Crippen LogP contribution in [0.15, 0.2) is 30.3 Å². The van der Waals surface area contributed by atoms with Crippen LogP contribution in [0.1, 0.15) is 25.3 Å². The minimum atomic E-state index is 0.241. The summed E-state index contributed by atoms with van der Waals surface area (Å²) in [6, 6.07) is 10.6. The Morgan fingerprint density at radius 3 is 2.53 bits per heavy atom. The van der Waals surface area contributed by atoms with Gasteiger partial charge in [-0.05, 0) is 44.8 Å². The molecule has 0 aromatic heterocycles. The van der Waals surface area contributed by atoms with Gasteiger partial charge in [-0.15, -0.1) is 0 Å². The van der Waals surface area contributed by atoms with E-state index in [4.69, 9.17) is 0 Å². The van der Waals surface area contributed by atoms with Crippen molar-refractivity contribution in [2.45, 2.75) is 32.2 Å². The predicted octanol–water partition coefficient (Wildman–Crippen LogP) is 2.17. The number of benzene rings is 1. The third-order valence-corrected chi connectivity index (χ3v) is 3.99. The molecule has 0 aliphatic carbocycles. The number of carbonyl (C=O) groups is 1. The third-order valence-electron chi connectivity index (χ3n) is 3.99. The molecule has 3 nitrogen and oxygen atoms in total. The van der Waals surface area contributed by atoms with Crippen molar-refractivity contribution in [1.82, 2.24) is 9.80 Å². The zero-order valence-electron chi connectivity index (χ0n) is 12.0. The summed E-state index contributed by atoms with van der Waals surface area (Å²) >= 11 is 0. The monoisotopic (exact) mass is 260 g/mol. The molecule has 0 radical (unpaired) electrons. The Morgan fingerprint density at radius 1 is 1.26 bits per heavy atom. The van der Waals surface area contributed by atoms with Crippen LogP contribution in [0.25, 0.3) is 0 Å². The van der Waals surface area contributed by atoms with Crippen molar-refractivity contribution in [2.75, 3.05) is 26.7 Å². The normalized spacial score (nSPS) is 17.4. The average Bonchev–Trinajstić information content (AvgIpc) is 2.91. The minimum Gasteiger partial charge on any atom is -0.342 e. The summed E-state index contributed by atoms with van der Waals surface area (Å²) in [5, 5.41) is 0. The van der Waals surface area contributed by atoms with E-state index in [0.717, 1.165) is 19.5 Å². The van der Waals surface area contributed by atoms with Gasteiger partial charge in [-0.3, -0.25) is 9.69 Å². The summed E-state index contributed by atoms with van der Waals surface area (Å²) in [7, 11) is 1.92. The molecule has 0 bridgehead atoms. The molecule has 1 aliphatic heterocycles. The van der Waals surface area contributed by atoms with Crippen molar-refractivity contribution in [3.05, 3.63) is 35.9 Å². The first-order chi connectivity index (χ1) is 9.16. The number of hydrogen-bond acceptors (Lipinski definition) is 2. The summed E-state index contributed by atoms with van der Waals surface area (Å²) in [5.74, 6) is 0.241. The van der Waals surface area contributed by atoms with E-state index >= 15 is 0 Å². The van der Waals surface area contributed by atoms with Crippen LogP contribution in [0.5, 0.6) is 0 Å². The van der Waals surface area contributed by atoms with Crippen LogP contribution in [0.4, 0.5) is 0 Å². The largest absolute Gasteiger partial charge is 0.342 e. The van der Waals surface area contributed by atoms with Crippen molar-refractivity contribution in [2.24, 2.45) is 0 Å². The quantitative estimate of drug-likeness (QED) is 0.810. The second-order valence-electron chi connectivity index (χ2n) is 5.53. The van der Waals surface area contributed by atoms with Gasteiger partial charge in [0.25, 0.3) is 0 Å². The van der Waals surface area contributed by atoms with Gasteiger partial charge in [0.1, 0.15) is 0 Å². The number of amides is 1. The van der Waals surface area contributed by atoms with Crippen LogP contribution in [0.3, 0.4) is 0 Å². The standard InChI is InChI=1S/C16H24N2O/c1-14(12-15-8-4-3-5-9-15)17(2)16(19)13-18-10-6-7-11-18/h3-5,8-9,14H,6-7,10-13H2,1-2H3. The van der Waals surface area contributed by atoms with Crippen molar-refractivity contribution in [3.63, 3.8) is 0 Å². The van der Waals surface area contributed by atoms with Crippen LogP contribution < -0.4 is 0 Å². The van der Waals surface area contributed by atoms with E-state index in [-0.39, 0.29) is 11.9 Å². The van der Waals surface area contributed by atoms with Gasteiger partial charge in [0.05, 0.1) is 6.54 Å². The summed E-state index contributed by atoms with van der Waals surface area (Å²) in [6.07, 6.45) is 3.39. The number of nitrogens with zero attached hydrogens (tertiary/aromatic N) is 2. The van der Waals surface area contributed by atoms with Gasteiger partial charge < -0.3 is 4.90 Å². The van der Waals surface area contributed by atoms with Gasteiger partial charge in [0.2, 0.25) is 5.91 Å². The van der Waals surface area contributed by atoms with E-state index in [9.17, 15) is 4.79 Å². The van der Waals surface area contributed by atoms with Crippen LogP contribution in [0.2, 0.25) is 0 Å². The first kappa shape index (κ1) is 14.1. The maximum atomic E-state index is 12.2. The number of hydrogen-bond donors (Lipinski definition) is 0. The SMILES string of the molecule is CC(Cc1ccccc1)N(C)C(=O)CN1CCCC1. The lowest BCUT2D eigenvalue weighted by molar-refractivity contribution is -0.132. The molecule has 1 saturated heterocycles. The molecular formula is C16H24N2O. The molecule has 1 amide bonds. The number of likely N-dealkylation sites (tertiary alicyclic amines) is 1. The van der Waals surface area contributed by atoms with Crippen molar-refractivity contribution in [3.8, 4) is 0 Å². The molecule has 1 fully saturated rings. The van der Waals surface area contributed by atoms with E-state index in [1.165, 1.54) is 18.4 Å². The van der Waals surface area contributed by atoms with Gasteiger partial charge in [-0.25, -0.2) is 0 Å². The Bertz CT molecular complexity index is 398. The molecule has 3 heteroatoms. The van der Waals surface area contributed by atoms with Crippen LogP contribution in [0, 0.1) is 0 Å². The van der Waals surface area contributed by atoms with Gasteiger partial charge in [-0.2, -0.15) is 0 Å². The van der Waals surface area contributed by atoms with E-state index < -0.39 is 0 Å². The Balaban J connectivity index is 1.83. The zero-order chi connectivity index (χ0) is 13.7. The highest BCUT2D eigenvalue weighted by atomic mass is 16.2. The van der Waals surface area contributed by atoms with Crippen molar-refractivity contribution < 1.29 is 4.79 Å². The summed E-state index contributed by atoms with van der Waals surface area (Å²) in [6.45, 7) is 4.85. The fourth-order valence-corrected chi connectivity index (χ4v) is 2.58. The van der Waals surface area contributed by atoms with Gasteiger partial charge in [0.15, 0.2) is 0 Å². The Morgan fingerprint density at radius 2 is 1.89 bits per heavy atom. The lowest BCUT2D eigenvalue weighted by atomic mass is 10.1. The van der Waals surface area contributed by atoms with E-state index in [1.807, 2.05) is 30.1 Å². The molecule has 1 unspecified atom stereocenters. The molecule has 0 saturated carbocycles. The number of rotatable bonds is 5. The van der Waals surface area contributed by atoms with Crippen molar-refractivity contribution >= 4 is 5.91 Å². The Hall–Kier alpha value is -1.35. The van der Waals surface area contributed by atoms with Crippen molar-refractivity contribution in [1.29, 1.82) is 0 Å². The Labute approximate surface area is 116 Å². The highest BCUT2D eigenvalue weighted by Gasteiger charge is 2.20.